The molecule has 3 aromatic rings. The van der Waals surface area contributed by atoms with Gasteiger partial charge in [-0.05, 0) is 43.3 Å². The first-order chi connectivity index (χ1) is 23.7. The van der Waals surface area contributed by atoms with Crippen molar-refractivity contribution in [3.05, 3.63) is 46.6 Å². The van der Waals surface area contributed by atoms with Crippen molar-refractivity contribution in [1.29, 1.82) is 0 Å². The molecule has 264 valence electrons. The molecule has 2 aromatic heterocycles. The first kappa shape index (κ1) is 36.0. The summed E-state index contributed by atoms with van der Waals surface area (Å²) in [5.41, 5.74) is 16.6. The number of nitrogens with one attached hydrogen (secondary N) is 1. The minimum absolute atomic E-state index is 0.00433. The summed E-state index contributed by atoms with van der Waals surface area (Å²) in [7, 11) is 2.98. The Morgan fingerprint density at radius 3 is 2.42 bits per heavy atom. The van der Waals surface area contributed by atoms with Crippen molar-refractivity contribution in [3.63, 3.8) is 0 Å². The summed E-state index contributed by atoms with van der Waals surface area (Å²) in [5.74, 6) is -2.81. The predicted octanol–water partition coefficient (Wildman–Crippen LogP) is 0.693. The van der Waals surface area contributed by atoms with E-state index in [1.807, 2.05) is 0 Å². The molecule has 2 aliphatic heterocycles. The van der Waals surface area contributed by atoms with Crippen molar-refractivity contribution in [1.82, 2.24) is 20.2 Å². The summed E-state index contributed by atoms with van der Waals surface area (Å²) in [6.45, 7) is 2.47. The number of methoxy groups -OCH3 is 2. The fourth-order valence-electron chi connectivity index (χ4n) is 4.85. The Hall–Kier alpha value is -5.28. The molecule has 21 heteroatoms. The highest BCUT2D eigenvalue weighted by Gasteiger charge is 2.54. The summed E-state index contributed by atoms with van der Waals surface area (Å²) < 4.78 is 12.7. The zero-order valence-corrected chi connectivity index (χ0v) is 29.4. The largest absolute Gasteiger partial charge is 0.493 e. The highest BCUT2D eigenvalue weighted by Crippen LogP contribution is 2.42. The van der Waals surface area contributed by atoms with Gasteiger partial charge in [-0.3, -0.25) is 14.5 Å². The molecule has 1 unspecified atom stereocenters. The molecule has 0 saturated carbocycles. The van der Waals surface area contributed by atoms with Crippen LogP contribution in [0, 0.1) is 0 Å². The number of nitrogens with zero attached hydrogens (tertiary/aromatic N) is 5. The number of thiazole rings is 1. The van der Waals surface area contributed by atoms with Crippen LogP contribution >= 0.6 is 34.9 Å². The van der Waals surface area contributed by atoms with Crippen LogP contribution in [0.25, 0.3) is 5.69 Å². The lowest BCUT2D eigenvalue weighted by atomic mass is 10.0. The number of thioether (sulfide) groups is 2. The number of ether oxygens (including phenoxy) is 2. The molecule has 0 radical (unpaired) electrons. The number of hydrogen-bond donors (Lipinski definition) is 6. The second-order valence-corrected chi connectivity index (χ2v) is 14.0. The van der Waals surface area contributed by atoms with Gasteiger partial charge in [0, 0.05) is 16.9 Å². The molecule has 1 aromatic carbocycles. The first-order valence-electron chi connectivity index (χ1n) is 14.4. The zero-order chi connectivity index (χ0) is 36.5. The van der Waals surface area contributed by atoms with Gasteiger partial charge in [0.1, 0.15) is 22.8 Å². The van der Waals surface area contributed by atoms with Gasteiger partial charge in [-0.1, -0.05) is 16.2 Å². The standard InChI is InChI=1S/C29H31N9O9S3/c1-29(2,26(43)44)47-36-18(13-11-49-27(32)33-13)22(39)35-19-23(40)38-20(25(41)42)12(9-48-24(19)38)10-50-28-34-16(30)8-17(31)37(28)21-14(45-3)6-5-7-15(21)46-4/h5-8,11,19,24H,9-10H2,1-4H3,(H8,30,31,32,33,35,39,41,42,43,44)/p+1/b36-18-/t19?,24-/m1/s1. The Morgan fingerprint density at radius 1 is 1.16 bits per heavy atom. The maximum atomic E-state index is 13.4. The Morgan fingerprint density at radius 2 is 1.84 bits per heavy atom. The molecule has 0 spiro atoms. The minimum atomic E-state index is -1.80. The third-order valence-corrected chi connectivity index (χ3v) is 10.4. The van der Waals surface area contributed by atoms with E-state index in [4.69, 9.17) is 31.5 Å². The van der Waals surface area contributed by atoms with E-state index in [1.165, 1.54) is 51.3 Å². The lowest BCUT2D eigenvalue weighted by molar-refractivity contribution is -0.626. The Balaban J connectivity index is 1.40. The van der Waals surface area contributed by atoms with Crippen LogP contribution in [-0.4, -0.2) is 97.3 Å². The van der Waals surface area contributed by atoms with Crippen molar-refractivity contribution in [2.45, 2.75) is 36.0 Å². The Bertz CT molecular complexity index is 1930. The maximum Gasteiger partial charge on any atom is 0.352 e. The van der Waals surface area contributed by atoms with Crippen LogP contribution in [0.5, 0.6) is 11.5 Å². The maximum absolute atomic E-state index is 13.4. The van der Waals surface area contributed by atoms with Gasteiger partial charge in [0.2, 0.25) is 17.2 Å². The average Bonchev–Trinajstić information content (AvgIpc) is 3.50. The summed E-state index contributed by atoms with van der Waals surface area (Å²) in [6.07, 6.45) is 0. The molecular weight excluding hydrogens is 715 g/mol. The van der Waals surface area contributed by atoms with Gasteiger partial charge in [0.05, 0.1) is 20.3 Å². The molecule has 18 nitrogen and oxygen atoms in total. The average molecular weight is 747 g/mol. The molecule has 2 amide bonds. The van der Waals surface area contributed by atoms with E-state index < -0.39 is 46.5 Å². The van der Waals surface area contributed by atoms with Crippen LogP contribution in [0.1, 0.15) is 19.5 Å². The van der Waals surface area contributed by atoms with E-state index in [-0.39, 0.29) is 39.7 Å². The van der Waals surface area contributed by atoms with Crippen LogP contribution in [0.4, 0.5) is 16.8 Å². The normalized spacial score (nSPS) is 17.5. The number of carboxylic acids is 2. The molecule has 9 N–H and O–H groups in total. The topological polar surface area (TPSA) is 272 Å². The van der Waals surface area contributed by atoms with Gasteiger partial charge in [0.25, 0.3) is 11.8 Å². The van der Waals surface area contributed by atoms with Gasteiger partial charge in [-0.2, -0.15) is 4.57 Å². The molecular formula is C29H32N9O9S3+. The Kier molecular flexibility index (Phi) is 10.3. The van der Waals surface area contributed by atoms with Gasteiger partial charge in [0.15, 0.2) is 28.0 Å². The number of benzene rings is 1. The van der Waals surface area contributed by atoms with E-state index in [2.05, 4.69) is 20.4 Å². The van der Waals surface area contributed by atoms with Crippen molar-refractivity contribution >= 4 is 81.1 Å². The van der Waals surface area contributed by atoms with E-state index in [0.717, 1.165) is 28.0 Å². The minimum Gasteiger partial charge on any atom is -0.493 e. The van der Waals surface area contributed by atoms with Gasteiger partial charge < -0.3 is 47.0 Å². The van der Waals surface area contributed by atoms with Crippen molar-refractivity contribution in [2.75, 3.05) is 42.9 Å². The number of aromatic nitrogens is 3. The number of aliphatic carboxylic acids is 2. The second-order valence-electron chi connectivity index (χ2n) is 11.1. The molecule has 50 heavy (non-hydrogen) atoms. The summed E-state index contributed by atoms with van der Waals surface area (Å²) in [4.78, 5) is 65.7. The SMILES string of the molecule is COc1cccc(OC)c1-[n+]1c(N)cc(N)nc1SCC1=C(C(=O)O)N2C(=O)C(NC(=O)/C(=N\OC(C)(C)C(=O)O)c3csc(N)n3)[C@H]2SC1. The van der Waals surface area contributed by atoms with Gasteiger partial charge in [-0.25, -0.2) is 14.6 Å². The predicted molar refractivity (Wildman–Crippen MR) is 184 cm³/mol. The number of carbonyl (C=O) groups excluding carboxylic acids is 2. The second kappa shape index (κ2) is 14.3. The fourth-order valence-corrected chi connectivity index (χ4v) is 7.91. The van der Waals surface area contributed by atoms with Crippen LogP contribution in [-0.2, 0) is 24.0 Å². The van der Waals surface area contributed by atoms with E-state index in [0.29, 0.717) is 27.9 Å². The molecule has 1 fully saturated rings. The smallest absolute Gasteiger partial charge is 0.352 e. The van der Waals surface area contributed by atoms with Crippen molar-refractivity contribution < 1.29 is 48.3 Å². The van der Waals surface area contributed by atoms with Gasteiger partial charge >= 0.3 is 17.1 Å². The quantitative estimate of drug-likeness (QED) is 0.0351. The molecule has 1 saturated heterocycles. The number of nitrogen functional groups attached to an aromatic ring is 3. The van der Waals surface area contributed by atoms with Crippen molar-refractivity contribution in [3.8, 4) is 17.2 Å². The molecule has 0 aliphatic carbocycles. The molecule has 5 rings (SSSR count). The highest BCUT2D eigenvalue weighted by atomic mass is 32.2. The van der Waals surface area contributed by atoms with E-state index >= 15 is 0 Å². The van der Waals surface area contributed by atoms with Crippen LogP contribution < -0.4 is 36.6 Å². The number of amides is 2. The summed E-state index contributed by atoms with van der Waals surface area (Å²) in [6, 6.07) is 5.50. The lowest BCUT2D eigenvalue weighted by Gasteiger charge is -2.49. The molecule has 4 heterocycles. The van der Waals surface area contributed by atoms with E-state index in [1.54, 1.807) is 22.8 Å². The number of anilines is 3. The monoisotopic (exact) mass is 746 g/mol. The Labute approximate surface area is 296 Å². The fraction of sp³-hybridized carbons (Fsp3) is 0.310. The third-order valence-electron chi connectivity index (χ3n) is 7.37. The van der Waals surface area contributed by atoms with Gasteiger partial charge in [-0.15, -0.1) is 23.1 Å². The summed E-state index contributed by atoms with van der Waals surface area (Å²) in [5, 5.41) is 27.0. The van der Waals surface area contributed by atoms with Crippen LogP contribution in [0.15, 0.2) is 51.2 Å². The molecule has 2 aliphatic rings. The number of para-hydroxylation sites is 1. The molecule has 2 atom stereocenters. The number of β-lactam (4-membered cyclic amide) rings is 1. The van der Waals surface area contributed by atoms with Crippen LogP contribution in [0.2, 0.25) is 0 Å². The number of nitrogens with two attached hydrogens (primary N) is 3. The summed E-state index contributed by atoms with van der Waals surface area (Å²) >= 11 is 3.39. The van der Waals surface area contributed by atoms with E-state index in [9.17, 15) is 29.4 Å². The first-order valence-corrected chi connectivity index (χ1v) is 17.3. The number of carboxylic acid groups (broad SMARTS) is 2. The van der Waals surface area contributed by atoms with Crippen molar-refractivity contribution in [2.24, 2.45) is 5.16 Å². The lowest BCUT2D eigenvalue weighted by Crippen LogP contribution is -2.71. The van der Waals surface area contributed by atoms with Crippen LogP contribution in [0.3, 0.4) is 0 Å². The zero-order valence-electron chi connectivity index (χ0n) is 26.9. The third kappa shape index (κ3) is 6.91. The number of rotatable bonds is 13. The number of carbonyl (C=O) groups is 4. The number of oxime groups is 1. The highest BCUT2D eigenvalue weighted by molar-refractivity contribution is 8.01. The molecule has 0 bridgehead atoms. The number of hydrogen-bond acceptors (Lipinski definition) is 16. The number of fused-ring (bicyclic) bond motifs is 1.